The zero-order valence-electron chi connectivity index (χ0n) is 10.8. The molecule has 20 heavy (non-hydrogen) atoms. The van der Waals surface area contributed by atoms with Crippen molar-refractivity contribution in [1.82, 2.24) is 0 Å². The number of aryl methyl sites for hydroxylation is 2. The Kier molecular flexibility index (Phi) is 3.91. The van der Waals surface area contributed by atoms with E-state index in [0.717, 1.165) is 5.56 Å². The van der Waals surface area contributed by atoms with Gasteiger partial charge in [-0.2, -0.15) is 5.26 Å². The van der Waals surface area contributed by atoms with Crippen LogP contribution >= 0.6 is 15.9 Å². The van der Waals surface area contributed by atoms with Crippen LogP contribution in [0.1, 0.15) is 27.4 Å². The van der Waals surface area contributed by atoms with E-state index in [-0.39, 0.29) is 17.0 Å². The number of anilines is 1. The molecule has 0 aliphatic carbocycles. The molecule has 0 saturated carbocycles. The number of carbonyl (C=O) groups excluding carboxylic acids is 1. The zero-order valence-corrected chi connectivity index (χ0v) is 12.3. The first-order chi connectivity index (χ1) is 9.43. The molecule has 2 rings (SSSR count). The summed E-state index contributed by atoms with van der Waals surface area (Å²) in [6.07, 6.45) is 0. The minimum Gasteiger partial charge on any atom is -0.450 e. The van der Waals surface area contributed by atoms with Crippen LogP contribution in [0.5, 0.6) is 0 Å². The molecule has 0 aliphatic heterocycles. The van der Waals surface area contributed by atoms with Gasteiger partial charge in [-0.25, -0.2) is 4.39 Å². The summed E-state index contributed by atoms with van der Waals surface area (Å²) in [5.74, 6) is -0.727. The molecular weight excluding hydrogens is 327 g/mol. The molecule has 2 aromatic rings. The van der Waals surface area contributed by atoms with Crippen molar-refractivity contribution in [1.29, 1.82) is 5.26 Å². The molecule has 0 spiro atoms. The van der Waals surface area contributed by atoms with Crippen LogP contribution in [-0.2, 0) is 0 Å². The number of rotatable bonds is 2. The third-order valence-electron chi connectivity index (χ3n) is 2.80. The van der Waals surface area contributed by atoms with Crippen LogP contribution in [-0.4, -0.2) is 5.91 Å². The topological polar surface area (TPSA) is 66.0 Å². The van der Waals surface area contributed by atoms with E-state index in [0.29, 0.717) is 10.2 Å². The van der Waals surface area contributed by atoms with Crippen molar-refractivity contribution in [3.05, 3.63) is 51.1 Å². The third kappa shape index (κ3) is 2.58. The van der Waals surface area contributed by atoms with E-state index < -0.39 is 11.7 Å². The minimum absolute atomic E-state index is 0.0384. The molecule has 6 heteroatoms. The second kappa shape index (κ2) is 5.47. The van der Waals surface area contributed by atoms with Crippen molar-refractivity contribution in [2.75, 3.05) is 5.32 Å². The molecule has 0 atom stereocenters. The van der Waals surface area contributed by atoms with Gasteiger partial charge >= 0.3 is 0 Å². The van der Waals surface area contributed by atoms with Gasteiger partial charge in [0.05, 0.1) is 11.3 Å². The van der Waals surface area contributed by atoms with Gasteiger partial charge < -0.3 is 9.73 Å². The van der Waals surface area contributed by atoms with Gasteiger partial charge in [0.15, 0.2) is 0 Å². The number of nitrogens with one attached hydrogen (secondary N) is 1. The zero-order chi connectivity index (χ0) is 14.9. The fourth-order valence-corrected chi connectivity index (χ4v) is 2.14. The molecular formula is C14H10BrFN2O2. The fraction of sp³-hybridized carbons (Fsp3) is 0.143. The quantitative estimate of drug-likeness (QED) is 0.903. The van der Waals surface area contributed by atoms with Gasteiger partial charge in [-0.15, -0.1) is 0 Å². The minimum atomic E-state index is -0.544. The van der Waals surface area contributed by atoms with Crippen LogP contribution in [0, 0.1) is 31.0 Å². The number of hydrogen-bond acceptors (Lipinski definition) is 3. The molecule has 0 saturated heterocycles. The van der Waals surface area contributed by atoms with Crippen LogP contribution < -0.4 is 5.32 Å². The lowest BCUT2D eigenvalue weighted by atomic mass is 10.2. The monoisotopic (exact) mass is 336 g/mol. The average Bonchev–Trinajstić information content (AvgIpc) is 2.80. The summed E-state index contributed by atoms with van der Waals surface area (Å²) < 4.78 is 19.3. The lowest BCUT2D eigenvalue weighted by Gasteiger charge is -2.10. The predicted octanol–water partition coefficient (Wildman–Crippen LogP) is 3.92. The highest BCUT2D eigenvalue weighted by molar-refractivity contribution is 9.10. The number of halogens is 2. The second-order valence-corrected chi connectivity index (χ2v) is 4.99. The van der Waals surface area contributed by atoms with Crippen molar-refractivity contribution in [3.63, 3.8) is 0 Å². The van der Waals surface area contributed by atoms with Gasteiger partial charge in [-0.3, -0.25) is 4.79 Å². The predicted molar refractivity (Wildman–Crippen MR) is 75.0 cm³/mol. The Hall–Kier alpha value is -2.13. The number of nitrogens with zero attached hydrogens (tertiary/aromatic N) is 1. The normalized spacial score (nSPS) is 10.2. The molecule has 4 nitrogen and oxygen atoms in total. The highest BCUT2D eigenvalue weighted by Gasteiger charge is 2.18. The highest BCUT2D eigenvalue weighted by atomic mass is 79.9. The summed E-state index contributed by atoms with van der Waals surface area (Å²) in [5, 5.41) is 11.2. The SMILES string of the molecule is Cc1ccc(F)c(NC(=O)c2cc(C#N)oc2C)c1Br. The molecule has 1 N–H and O–H groups in total. The summed E-state index contributed by atoms with van der Waals surface area (Å²) in [6.45, 7) is 3.35. The molecule has 102 valence electrons. The smallest absolute Gasteiger partial charge is 0.259 e. The van der Waals surface area contributed by atoms with E-state index in [4.69, 9.17) is 9.68 Å². The van der Waals surface area contributed by atoms with E-state index in [1.807, 2.05) is 6.07 Å². The molecule has 1 aromatic carbocycles. The molecule has 0 radical (unpaired) electrons. The maximum absolute atomic E-state index is 13.8. The molecule has 1 heterocycles. The number of benzene rings is 1. The summed E-state index contributed by atoms with van der Waals surface area (Å²) in [6, 6.07) is 6.01. The largest absolute Gasteiger partial charge is 0.450 e. The van der Waals surface area contributed by atoms with Crippen LogP contribution in [0.25, 0.3) is 0 Å². The third-order valence-corrected chi connectivity index (χ3v) is 3.82. The Bertz CT molecular complexity index is 732. The number of nitriles is 1. The van der Waals surface area contributed by atoms with Gasteiger partial charge in [0.2, 0.25) is 5.76 Å². The van der Waals surface area contributed by atoms with Crippen LogP contribution in [0.2, 0.25) is 0 Å². The lowest BCUT2D eigenvalue weighted by Crippen LogP contribution is -2.14. The van der Waals surface area contributed by atoms with Gasteiger partial charge in [-0.1, -0.05) is 6.07 Å². The van der Waals surface area contributed by atoms with Crippen molar-refractivity contribution in [2.24, 2.45) is 0 Å². The second-order valence-electron chi connectivity index (χ2n) is 4.20. The Morgan fingerprint density at radius 1 is 1.45 bits per heavy atom. The first kappa shape index (κ1) is 14.3. The van der Waals surface area contributed by atoms with Crippen LogP contribution in [0.15, 0.2) is 27.1 Å². The summed E-state index contributed by atoms with van der Waals surface area (Å²) >= 11 is 3.24. The highest BCUT2D eigenvalue weighted by Crippen LogP contribution is 2.29. The summed E-state index contributed by atoms with van der Waals surface area (Å²) in [7, 11) is 0. The van der Waals surface area contributed by atoms with Gasteiger partial charge in [0.1, 0.15) is 17.6 Å². The fourth-order valence-electron chi connectivity index (χ4n) is 1.71. The summed E-state index contributed by atoms with van der Waals surface area (Å²) in [4.78, 5) is 12.1. The molecule has 0 aliphatic rings. The standard InChI is InChI=1S/C14H10BrFN2O2/c1-7-3-4-11(16)13(12(7)15)18-14(19)10-5-9(6-17)20-8(10)2/h3-5H,1-2H3,(H,18,19). The van der Waals surface area contributed by atoms with Gasteiger partial charge in [0, 0.05) is 10.5 Å². The molecule has 0 fully saturated rings. The molecule has 0 bridgehead atoms. The molecule has 1 amide bonds. The van der Waals surface area contributed by atoms with E-state index in [1.54, 1.807) is 19.9 Å². The Labute approximate surface area is 123 Å². The maximum Gasteiger partial charge on any atom is 0.259 e. The number of hydrogen-bond donors (Lipinski definition) is 1. The molecule has 0 unspecified atom stereocenters. The van der Waals surface area contributed by atoms with Crippen LogP contribution in [0.4, 0.5) is 10.1 Å². The average molecular weight is 337 g/mol. The number of carbonyl (C=O) groups is 1. The van der Waals surface area contributed by atoms with Crippen molar-refractivity contribution in [3.8, 4) is 6.07 Å². The van der Waals surface area contributed by atoms with E-state index in [2.05, 4.69) is 21.2 Å². The number of furan rings is 1. The summed E-state index contributed by atoms with van der Waals surface area (Å²) in [5.41, 5.74) is 1.06. The maximum atomic E-state index is 13.8. The Morgan fingerprint density at radius 3 is 2.75 bits per heavy atom. The van der Waals surface area contributed by atoms with Gasteiger partial charge in [0.25, 0.3) is 5.91 Å². The first-order valence-corrected chi connectivity index (χ1v) is 6.49. The van der Waals surface area contributed by atoms with E-state index >= 15 is 0 Å². The van der Waals surface area contributed by atoms with Crippen molar-refractivity contribution in [2.45, 2.75) is 13.8 Å². The first-order valence-electron chi connectivity index (χ1n) is 5.70. The number of amides is 1. The van der Waals surface area contributed by atoms with E-state index in [9.17, 15) is 9.18 Å². The Balaban J connectivity index is 2.35. The van der Waals surface area contributed by atoms with Gasteiger partial charge in [-0.05, 0) is 41.4 Å². The van der Waals surface area contributed by atoms with Crippen molar-refractivity contribution >= 4 is 27.5 Å². The van der Waals surface area contributed by atoms with Crippen LogP contribution in [0.3, 0.4) is 0 Å². The molecule has 1 aromatic heterocycles. The Morgan fingerprint density at radius 2 is 2.15 bits per heavy atom. The van der Waals surface area contributed by atoms with Crippen molar-refractivity contribution < 1.29 is 13.6 Å². The lowest BCUT2D eigenvalue weighted by molar-refractivity contribution is 0.102. The van der Waals surface area contributed by atoms with E-state index in [1.165, 1.54) is 12.1 Å².